The van der Waals surface area contributed by atoms with Gasteiger partial charge in [-0.2, -0.15) is 4.31 Å². The topological polar surface area (TPSA) is 106 Å². The van der Waals surface area contributed by atoms with E-state index in [-0.39, 0.29) is 15.7 Å². The highest BCUT2D eigenvalue weighted by Crippen LogP contribution is 2.26. The number of hydrogen-bond acceptors (Lipinski definition) is 6. The van der Waals surface area contributed by atoms with Crippen LogP contribution in [0.5, 0.6) is 0 Å². The second-order valence-corrected chi connectivity index (χ2v) is 8.38. The largest absolute Gasteiger partial charge is 0.463 e. The van der Waals surface area contributed by atoms with Gasteiger partial charge in [0.25, 0.3) is 0 Å². The molecule has 1 N–H and O–H groups in total. The summed E-state index contributed by atoms with van der Waals surface area (Å²) in [4.78, 5) is 19.0. The van der Waals surface area contributed by atoms with Crippen LogP contribution in [0.25, 0.3) is 22.1 Å². The highest BCUT2D eigenvalue weighted by Gasteiger charge is 2.22. The lowest BCUT2D eigenvalue weighted by Gasteiger charge is -2.18. The Morgan fingerprint density at radius 1 is 1.28 bits per heavy atom. The Morgan fingerprint density at radius 2 is 2.00 bits per heavy atom. The van der Waals surface area contributed by atoms with Gasteiger partial charge in [-0.05, 0) is 30.3 Å². The van der Waals surface area contributed by atoms with E-state index in [1.807, 2.05) is 0 Å². The summed E-state index contributed by atoms with van der Waals surface area (Å²) in [7, 11) is -2.32. The molecule has 2 aromatic heterocycles. The van der Waals surface area contributed by atoms with Crippen molar-refractivity contribution in [2.75, 3.05) is 20.2 Å². The molecule has 1 aromatic carbocycles. The van der Waals surface area contributed by atoms with Crippen LogP contribution in [0.15, 0.2) is 39.6 Å². The summed E-state index contributed by atoms with van der Waals surface area (Å²) in [5.74, 6) is 0.154. The van der Waals surface area contributed by atoms with E-state index in [9.17, 15) is 13.2 Å². The van der Waals surface area contributed by atoms with Crippen LogP contribution in [-0.4, -0.2) is 48.9 Å². The highest BCUT2D eigenvalue weighted by atomic mass is 35.5. The standard InChI is InChI=1S/C19H20ClN3O5S/c1-4-23(5-2)29(25,26)13-7-8-15-16(11-13)22-18(21-15)14(20)10-12-6-9-17(28-12)19(24)27-3/h6-11H,4-5H2,1-3H3,(H,21,22). The molecule has 154 valence electrons. The average Bonchev–Trinajstić information content (AvgIpc) is 3.34. The van der Waals surface area contributed by atoms with Crippen molar-refractivity contribution in [1.29, 1.82) is 0 Å². The fraction of sp³-hybridized carbons (Fsp3) is 0.263. The van der Waals surface area contributed by atoms with Gasteiger partial charge in [-0.25, -0.2) is 18.2 Å². The second kappa shape index (κ2) is 8.40. The number of sulfonamides is 1. The molecule has 0 unspecified atom stereocenters. The van der Waals surface area contributed by atoms with Crippen molar-refractivity contribution in [2.24, 2.45) is 0 Å². The first-order valence-corrected chi connectivity index (χ1v) is 10.7. The normalized spacial score (nSPS) is 12.7. The SMILES string of the molecule is CCN(CC)S(=O)(=O)c1ccc2nc(C(Cl)=Cc3ccc(C(=O)OC)o3)[nH]c2c1. The molecule has 0 radical (unpaired) electrons. The molecular weight excluding hydrogens is 418 g/mol. The average molecular weight is 438 g/mol. The van der Waals surface area contributed by atoms with Crippen molar-refractivity contribution in [3.63, 3.8) is 0 Å². The van der Waals surface area contributed by atoms with Crippen LogP contribution >= 0.6 is 11.6 Å². The lowest BCUT2D eigenvalue weighted by molar-refractivity contribution is 0.0564. The molecule has 0 aliphatic rings. The molecule has 0 aliphatic heterocycles. The number of esters is 1. The number of fused-ring (bicyclic) bond motifs is 1. The lowest BCUT2D eigenvalue weighted by Crippen LogP contribution is -2.30. The number of nitrogens with zero attached hydrogens (tertiary/aromatic N) is 2. The van der Waals surface area contributed by atoms with Crippen molar-refractivity contribution in [1.82, 2.24) is 14.3 Å². The maximum Gasteiger partial charge on any atom is 0.373 e. The fourth-order valence-corrected chi connectivity index (χ4v) is 4.49. The van der Waals surface area contributed by atoms with Crippen LogP contribution in [0.1, 0.15) is 36.0 Å². The number of rotatable bonds is 7. The molecule has 8 nitrogen and oxygen atoms in total. The summed E-state index contributed by atoms with van der Waals surface area (Å²) >= 11 is 6.32. The first-order chi connectivity index (χ1) is 13.8. The summed E-state index contributed by atoms with van der Waals surface area (Å²) in [6, 6.07) is 7.73. The minimum absolute atomic E-state index is 0.0547. The summed E-state index contributed by atoms with van der Waals surface area (Å²) in [6.07, 6.45) is 1.50. The molecular formula is C19H20ClN3O5S. The predicted molar refractivity (Wildman–Crippen MR) is 110 cm³/mol. The summed E-state index contributed by atoms with van der Waals surface area (Å²) in [5, 5.41) is 0.236. The maximum atomic E-state index is 12.7. The van der Waals surface area contributed by atoms with Gasteiger partial charge in [0, 0.05) is 19.2 Å². The van der Waals surface area contributed by atoms with Gasteiger partial charge in [0.2, 0.25) is 15.8 Å². The van der Waals surface area contributed by atoms with Gasteiger partial charge < -0.3 is 14.1 Å². The number of aromatic nitrogens is 2. The second-order valence-electron chi connectivity index (χ2n) is 6.04. The zero-order chi connectivity index (χ0) is 21.2. The summed E-state index contributed by atoms with van der Waals surface area (Å²) in [6.45, 7) is 4.35. The third-order valence-electron chi connectivity index (χ3n) is 4.31. The van der Waals surface area contributed by atoms with Crippen LogP contribution < -0.4 is 0 Å². The molecule has 0 fully saturated rings. The van der Waals surface area contributed by atoms with E-state index in [1.54, 1.807) is 26.0 Å². The Kier molecular flexibility index (Phi) is 6.11. The van der Waals surface area contributed by atoms with E-state index in [1.165, 1.54) is 35.7 Å². The first-order valence-electron chi connectivity index (χ1n) is 8.85. The minimum Gasteiger partial charge on any atom is -0.463 e. The van der Waals surface area contributed by atoms with Gasteiger partial charge in [0.1, 0.15) is 11.6 Å². The smallest absolute Gasteiger partial charge is 0.373 e. The molecule has 0 spiro atoms. The van der Waals surface area contributed by atoms with Gasteiger partial charge in [0.05, 0.1) is 28.1 Å². The molecule has 0 atom stereocenters. The number of H-pyrrole nitrogens is 1. The number of aromatic amines is 1. The Morgan fingerprint density at radius 3 is 2.66 bits per heavy atom. The molecule has 3 rings (SSSR count). The first kappa shape index (κ1) is 21.1. The number of benzene rings is 1. The van der Waals surface area contributed by atoms with E-state index in [4.69, 9.17) is 16.0 Å². The number of ether oxygens (including phenoxy) is 1. The van der Waals surface area contributed by atoms with Crippen LogP contribution in [0.2, 0.25) is 0 Å². The quantitative estimate of drug-likeness (QED) is 0.565. The number of nitrogens with one attached hydrogen (secondary N) is 1. The van der Waals surface area contributed by atoms with Crippen molar-refractivity contribution in [2.45, 2.75) is 18.7 Å². The van der Waals surface area contributed by atoms with Gasteiger partial charge in [0.15, 0.2) is 0 Å². The van der Waals surface area contributed by atoms with E-state index < -0.39 is 16.0 Å². The van der Waals surface area contributed by atoms with Gasteiger partial charge >= 0.3 is 5.97 Å². The van der Waals surface area contributed by atoms with Gasteiger partial charge in [-0.15, -0.1) is 0 Å². The van der Waals surface area contributed by atoms with Crippen LogP contribution in [0.4, 0.5) is 0 Å². The fourth-order valence-electron chi connectivity index (χ4n) is 2.81. The molecule has 3 aromatic rings. The third-order valence-corrected chi connectivity index (χ3v) is 6.64. The molecule has 0 saturated heterocycles. The van der Waals surface area contributed by atoms with Crippen LogP contribution in [0, 0.1) is 0 Å². The number of halogens is 1. The Hall–Kier alpha value is -2.62. The molecule has 0 amide bonds. The predicted octanol–water partition coefficient (Wildman–Crippen LogP) is 3.71. The molecule has 29 heavy (non-hydrogen) atoms. The number of methoxy groups -OCH3 is 1. The maximum absolute atomic E-state index is 12.7. The number of imidazole rings is 1. The Labute approximate surface area is 173 Å². The molecule has 10 heteroatoms. The lowest BCUT2D eigenvalue weighted by atomic mass is 10.3. The van der Waals surface area contributed by atoms with Crippen LogP contribution in [-0.2, 0) is 14.8 Å². The molecule has 0 bridgehead atoms. The summed E-state index contributed by atoms with van der Waals surface area (Å²) < 4.78 is 36.7. The van der Waals surface area contributed by atoms with Gasteiger partial charge in [-0.1, -0.05) is 25.4 Å². The highest BCUT2D eigenvalue weighted by molar-refractivity contribution is 7.89. The number of carbonyl (C=O) groups is 1. The number of hydrogen-bond donors (Lipinski definition) is 1. The molecule has 0 saturated carbocycles. The number of furan rings is 1. The van der Waals surface area contributed by atoms with Crippen LogP contribution in [0.3, 0.4) is 0 Å². The third kappa shape index (κ3) is 4.21. The van der Waals surface area contributed by atoms with E-state index in [0.717, 1.165) is 0 Å². The zero-order valence-corrected chi connectivity index (χ0v) is 17.7. The van der Waals surface area contributed by atoms with Crippen molar-refractivity contribution < 1.29 is 22.4 Å². The molecule has 0 aliphatic carbocycles. The monoisotopic (exact) mass is 437 g/mol. The van der Waals surface area contributed by atoms with Crippen molar-refractivity contribution in [3.05, 3.63) is 47.7 Å². The number of carbonyl (C=O) groups excluding carboxylic acids is 1. The minimum atomic E-state index is -3.58. The van der Waals surface area contributed by atoms with Crippen molar-refractivity contribution >= 4 is 49.7 Å². The summed E-state index contributed by atoms with van der Waals surface area (Å²) in [5.41, 5.74) is 1.11. The Balaban J connectivity index is 1.93. The van der Waals surface area contributed by atoms with E-state index in [2.05, 4.69) is 14.7 Å². The van der Waals surface area contributed by atoms with Crippen molar-refractivity contribution in [3.8, 4) is 0 Å². The van der Waals surface area contributed by atoms with E-state index >= 15 is 0 Å². The molecule has 2 heterocycles. The zero-order valence-electron chi connectivity index (χ0n) is 16.1. The Bertz CT molecular complexity index is 1180. The van der Waals surface area contributed by atoms with Gasteiger partial charge in [-0.3, -0.25) is 0 Å². The van der Waals surface area contributed by atoms with E-state index in [0.29, 0.717) is 35.7 Å².